The number of azo groups is 1. The number of aromatic nitrogens is 2. The maximum Gasteiger partial charge on any atom is 0.299 e. The fourth-order valence-electron chi connectivity index (χ4n) is 3.63. The highest BCUT2D eigenvalue weighted by molar-refractivity contribution is 7.89. The van der Waals surface area contributed by atoms with E-state index in [-0.39, 0.29) is 39.3 Å². The van der Waals surface area contributed by atoms with E-state index in [1.807, 2.05) is 0 Å². The lowest BCUT2D eigenvalue weighted by atomic mass is 10.1. The Kier molecular flexibility index (Phi) is 6.53. The Hall–Kier alpha value is -3.85. The molecule has 36 heavy (non-hydrogen) atoms. The van der Waals surface area contributed by atoms with E-state index in [9.17, 15) is 31.3 Å². The first kappa shape index (κ1) is 25.2. The highest BCUT2D eigenvalue weighted by Crippen LogP contribution is 2.39. The normalized spacial score (nSPS) is 12.5. The molecule has 0 saturated heterocycles. The molecule has 0 fully saturated rings. The summed E-state index contributed by atoms with van der Waals surface area (Å²) in [6.45, 7) is 3.41. The standard InChI is InChI=1S/C22H21N5O7S2/c1-3-23-35(30,31)15-8-6-7-14(11-15)27-22(29)20(13(2)26-27)24-25-21-17-10-5-4-9-16(17)19(12-18(21)28)36(32,33)34/h4-12,23,26,28H,3H2,1-2H3,(H,32,33,34). The summed E-state index contributed by atoms with van der Waals surface area (Å²) in [5, 5.41) is 21.5. The first-order chi connectivity index (χ1) is 16.9. The second kappa shape index (κ2) is 9.31. The van der Waals surface area contributed by atoms with Crippen LogP contribution in [0.25, 0.3) is 16.5 Å². The van der Waals surface area contributed by atoms with Crippen LogP contribution in [0.3, 0.4) is 0 Å². The van der Waals surface area contributed by atoms with Crippen molar-refractivity contribution >= 4 is 42.3 Å². The Labute approximate surface area is 205 Å². The van der Waals surface area contributed by atoms with Gasteiger partial charge < -0.3 is 5.11 Å². The van der Waals surface area contributed by atoms with Crippen LogP contribution < -0.4 is 10.3 Å². The summed E-state index contributed by atoms with van der Waals surface area (Å²) in [5.74, 6) is -0.570. The second-order valence-electron chi connectivity index (χ2n) is 7.69. The third-order valence-corrected chi connectivity index (χ3v) is 7.68. The van der Waals surface area contributed by atoms with Gasteiger partial charge in [0.15, 0.2) is 5.69 Å². The van der Waals surface area contributed by atoms with Crippen molar-refractivity contribution in [2.24, 2.45) is 10.2 Å². The molecule has 0 atom stereocenters. The number of H-pyrrole nitrogens is 1. The SMILES string of the molecule is CCNS(=O)(=O)c1cccc(-n2[nH]c(C)c(N=Nc3c(O)cc(S(=O)(=O)O)c4ccccc34)c2=O)c1. The zero-order valence-electron chi connectivity index (χ0n) is 19.0. The quantitative estimate of drug-likeness (QED) is 0.208. The average molecular weight is 532 g/mol. The molecule has 188 valence electrons. The summed E-state index contributed by atoms with van der Waals surface area (Å²) in [7, 11) is -8.38. The largest absolute Gasteiger partial charge is 0.506 e. The lowest BCUT2D eigenvalue weighted by molar-refractivity contribution is 0.468. The first-order valence-electron chi connectivity index (χ1n) is 10.5. The number of fused-ring (bicyclic) bond motifs is 1. The maximum atomic E-state index is 13.1. The van der Waals surface area contributed by atoms with Gasteiger partial charge in [0.2, 0.25) is 10.0 Å². The van der Waals surface area contributed by atoms with Crippen molar-refractivity contribution in [1.82, 2.24) is 14.5 Å². The molecule has 0 saturated carbocycles. The molecule has 0 aliphatic carbocycles. The van der Waals surface area contributed by atoms with E-state index in [0.29, 0.717) is 5.69 Å². The molecule has 4 rings (SSSR count). The number of aromatic amines is 1. The van der Waals surface area contributed by atoms with Crippen molar-refractivity contribution in [1.29, 1.82) is 0 Å². The fourth-order valence-corrected chi connectivity index (χ4v) is 5.43. The minimum Gasteiger partial charge on any atom is -0.506 e. The minimum atomic E-state index is -4.63. The molecule has 0 bridgehead atoms. The highest BCUT2D eigenvalue weighted by atomic mass is 32.2. The van der Waals surface area contributed by atoms with E-state index < -0.39 is 36.3 Å². The van der Waals surface area contributed by atoms with E-state index in [1.165, 1.54) is 36.4 Å². The second-order valence-corrected chi connectivity index (χ2v) is 10.8. The van der Waals surface area contributed by atoms with Gasteiger partial charge in [0, 0.05) is 23.4 Å². The van der Waals surface area contributed by atoms with E-state index in [0.717, 1.165) is 10.7 Å². The average Bonchev–Trinajstić information content (AvgIpc) is 3.10. The van der Waals surface area contributed by atoms with Crippen LogP contribution in [0.15, 0.2) is 79.4 Å². The van der Waals surface area contributed by atoms with Crippen LogP contribution in [0, 0.1) is 6.92 Å². The van der Waals surface area contributed by atoms with Crippen molar-refractivity contribution in [2.75, 3.05) is 6.54 Å². The fraction of sp³-hybridized carbons (Fsp3) is 0.136. The number of rotatable bonds is 7. The van der Waals surface area contributed by atoms with Crippen molar-refractivity contribution in [3.63, 3.8) is 0 Å². The Balaban J connectivity index is 1.81. The Bertz CT molecular complexity index is 1790. The summed E-state index contributed by atoms with van der Waals surface area (Å²) in [5.41, 5.74) is -0.301. The van der Waals surface area contributed by atoms with Gasteiger partial charge in [0.1, 0.15) is 16.3 Å². The van der Waals surface area contributed by atoms with E-state index in [2.05, 4.69) is 20.0 Å². The van der Waals surface area contributed by atoms with Crippen LogP contribution in [-0.4, -0.2) is 42.8 Å². The van der Waals surface area contributed by atoms with Crippen LogP contribution in [0.1, 0.15) is 12.6 Å². The first-order valence-corrected chi connectivity index (χ1v) is 13.4. The minimum absolute atomic E-state index is 0.0282. The molecule has 0 spiro atoms. The van der Waals surface area contributed by atoms with E-state index >= 15 is 0 Å². The zero-order valence-corrected chi connectivity index (χ0v) is 20.6. The number of aryl methyl sites for hydroxylation is 1. The van der Waals surface area contributed by atoms with Crippen LogP contribution in [0.2, 0.25) is 0 Å². The van der Waals surface area contributed by atoms with Gasteiger partial charge in [-0.2, -0.15) is 8.42 Å². The Morgan fingerprint density at radius 2 is 1.64 bits per heavy atom. The van der Waals surface area contributed by atoms with Gasteiger partial charge in [-0.1, -0.05) is 37.3 Å². The molecule has 0 aliphatic rings. The number of phenolic OH excluding ortho intramolecular Hbond substituents is 1. The molecule has 1 heterocycles. The van der Waals surface area contributed by atoms with E-state index in [1.54, 1.807) is 26.0 Å². The van der Waals surface area contributed by atoms with Crippen molar-refractivity contribution in [3.8, 4) is 11.4 Å². The molecular weight excluding hydrogens is 510 g/mol. The predicted molar refractivity (Wildman–Crippen MR) is 132 cm³/mol. The molecule has 0 aliphatic heterocycles. The van der Waals surface area contributed by atoms with Gasteiger partial charge >= 0.3 is 0 Å². The van der Waals surface area contributed by atoms with Crippen LogP contribution >= 0.6 is 0 Å². The molecule has 14 heteroatoms. The maximum absolute atomic E-state index is 13.1. The lowest BCUT2D eigenvalue weighted by Crippen LogP contribution is -2.23. The van der Waals surface area contributed by atoms with Crippen molar-refractivity contribution in [3.05, 3.63) is 70.6 Å². The van der Waals surface area contributed by atoms with Gasteiger partial charge in [-0.3, -0.25) is 14.4 Å². The summed E-state index contributed by atoms with van der Waals surface area (Å²) in [4.78, 5) is 12.5. The third kappa shape index (κ3) is 4.66. The van der Waals surface area contributed by atoms with Crippen molar-refractivity contribution in [2.45, 2.75) is 23.6 Å². The molecule has 4 aromatic rings. The van der Waals surface area contributed by atoms with Gasteiger partial charge in [-0.15, -0.1) is 10.2 Å². The molecule has 3 aromatic carbocycles. The number of phenols is 1. The summed E-state index contributed by atoms with van der Waals surface area (Å²) in [6, 6.07) is 12.6. The van der Waals surface area contributed by atoms with Crippen LogP contribution in [-0.2, 0) is 20.1 Å². The van der Waals surface area contributed by atoms with Gasteiger partial charge in [0.05, 0.1) is 16.3 Å². The summed E-state index contributed by atoms with van der Waals surface area (Å²) in [6.07, 6.45) is 0. The molecule has 0 amide bonds. The molecule has 1 aromatic heterocycles. The van der Waals surface area contributed by atoms with E-state index in [4.69, 9.17) is 0 Å². The van der Waals surface area contributed by atoms with Crippen LogP contribution in [0.5, 0.6) is 5.75 Å². The van der Waals surface area contributed by atoms with Crippen LogP contribution in [0.4, 0.5) is 11.4 Å². The van der Waals surface area contributed by atoms with Gasteiger partial charge in [0.25, 0.3) is 15.7 Å². The van der Waals surface area contributed by atoms with Gasteiger partial charge in [-0.25, -0.2) is 17.8 Å². The summed E-state index contributed by atoms with van der Waals surface area (Å²) < 4.78 is 61.2. The molecule has 12 nitrogen and oxygen atoms in total. The molecule has 0 radical (unpaired) electrons. The summed E-state index contributed by atoms with van der Waals surface area (Å²) >= 11 is 0. The number of hydrogen-bond donors (Lipinski definition) is 4. The number of benzene rings is 3. The Morgan fingerprint density at radius 3 is 2.31 bits per heavy atom. The van der Waals surface area contributed by atoms with Gasteiger partial charge in [-0.05, 0) is 25.1 Å². The molecule has 4 N–H and O–H groups in total. The number of sulfonamides is 1. The predicted octanol–water partition coefficient (Wildman–Crippen LogP) is 3.29. The van der Waals surface area contributed by atoms with Crippen molar-refractivity contribution < 1.29 is 26.5 Å². The third-order valence-electron chi connectivity index (χ3n) is 5.25. The Morgan fingerprint density at radius 1 is 0.972 bits per heavy atom. The number of nitrogens with zero attached hydrogens (tertiary/aromatic N) is 3. The highest BCUT2D eigenvalue weighted by Gasteiger charge is 2.20. The lowest BCUT2D eigenvalue weighted by Gasteiger charge is -2.08. The number of hydrogen-bond acceptors (Lipinski definition) is 8. The monoisotopic (exact) mass is 531 g/mol. The topological polar surface area (TPSA) is 183 Å². The smallest absolute Gasteiger partial charge is 0.299 e. The molecule has 0 unspecified atom stereocenters. The number of aromatic hydroxyl groups is 1. The zero-order chi connectivity index (χ0) is 26.3. The number of nitrogens with one attached hydrogen (secondary N) is 2. The molecular formula is C22H21N5O7S2.